The van der Waals surface area contributed by atoms with Gasteiger partial charge in [0.15, 0.2) is 0 Å². The Morgan fingerprint density at radius 2 is 1.21 bits per heavy atom. The Balaban J connectivity index is 1.35. The molecule has 0 spiro atoms. The van der Waals surface area contributed by atoms with Gasteiger partial charge in [-0.15, -0.1) is 0 Å². The molecule has 12 nitrogen and oxygen atoms in total. The summed E-state index contributed by atoms with van der Waals surface area (Å²) in [6.45, 7) is -0.377. The molecule has 4 N–H and O–H groups in total. The van der Waals surface area contributed by atoms with E-state index in [-0.39, 0.29) is 25.0 Å². The van der Waals surface area contributed by atoms with Gasteiger partial charge in [-0.05, 0) is 37.5 Å². The third kappa shape index (κ3) is 5.20. The fourth-order valence-corrected chi connectivity index (χ4v) is 4.65. The third-order valence-electron chi connectivity index (χ3n) is 6.45. The Bertz CT molecular complexity index is 1150. The van der Waals surface area contributed by atoms with Crippen LogP contribution in [0.5, 0.6) is 0 Å². The second kappa shape index (κ2) is 10.5. The molecule has 0 amide bonds. The van der Waals surface area contributed by atoms with Gasteiger partial charge in [-0.3, -0.25) is 28.7 Å². The van der Waals surface area contributed by atoms with Crippen LogP contribution in [0.25, 0.3) is 0 Å². The quantitative estimate of drug-likeness (QED) is 0.360. The molecule has 4 rings (SSSR count). The molecule has 0 unspecified atom stereocenters. The van der Waals surface area contributed by atoms with E-state index in [1.165, 1.54) is 33.7 Å². The summed E-state index contributed by atoms with van der Waals surface area (Å²) >= 11 is 0. The molecule has 0 aliphatic carbocycles. The smallest absolute Gasteiger partial charge is 0.330 e. The van der Waals surface area contributed by atoms with Crippen LogP contribution in [0, 0.1) is 11.8 Å². The van der Waals surface area contributed by atoms with Crippen molar-refractivity contribution in [3.63, 3.8) is 0 Å². The number of nitrogens with one attached hydrogen (secondary N) is 2. The lowest BCUT2D eigenvalue weighted by molar-refractivity contribution is -0.0326. The van der Waals surface area contributed by atoms with Crippen LogP contribution in [-0.4, -0.2) is 54.7 Å². The first-order valence-corrected chi connectivity index (χ1v) is 11.2. The Labute approximate surface area is 193 Å². The summed E-state index contributed by atoms with van der Waals surface area (Å²) in [5.74, 6) is -0.0444. The highest BCUT2D eigenvalue weighted by molar-refractivity contribution is 4.95. The summed E-state index contributed by atoms with van der Waals surface area (Å²) in [6.07, 6.45) is 6.93. The van der Waals surface area contributed by atoms with Crippen molar-refractivity contribution in [3.05, 3.63) is 78.4 Å². The first-order valence-electron chi connectivity index (χ1n) is 11.2. The average molecular weight is 476 g/mol. The average Bonchev–Trinajstić information content (AvgIpc) is 3.40. The predicted molar refractivity (Wildman–Crippen MR) is 119 cm³/mol. The van der Waals surface area contributed by atoms with Gasteiger partial charge in [0.05, 0.1) is 25.4 Å². The number of allylic oxidation sites excluding steroid dienone is 2. The van der Waals surface area contributed by atoms with Crippen molar-refractivity contribution >= 4 is 0 Å². The number of nitrogens with zero attached hydrogens (tertiary/aromatic N) is 2. The van der Waals surface area contributed by atoms with E-state index < -0.39 is 47.2 Å². The Hall–Kier alpha value is -3.06. The topological polar surface area (TPSA) is 169 Å². The van der Waals surface area contributed by atoms with Crippen molar-refractivity contribution < 1.29 is 19.7 Å². The summed E-state index contributed by atoms with van der Waals surface area (Å²) in [5, 5.41) is 19.4. The molecular weight excluding hydrogens is 448 g/mol. The van der Waals surface area contributed by atoms with Crippen molar-refractivity contribution in [2.45, 2.75) is 50.3 Å². The minimum Gasteiger partial charge on any atom is -0.394 e. The second-order valence-corrected chi connectivity index (χ2v) is 8.59. The van der Waals surface area contributed by atoms with Gasteiger partial charge in [-0.1, -0.05) is 12.2 Å². The number of aliphatic hydroxyl groups is 2. The highest BCUT2D eigenvalue weighted by Crippen LogP contribution is 2.36. The van der Waals surface area contributed by atoms with Gasteiger partial charge in [-0.2, -0.15) is 0 Å². The van der Waals surface area contributed by atoms with Gasteiger partial charge in [0.1, 0.15) is 12.5 Å². The first kappa shape index (κ1) is 24.1. The number of aromatic amines is 2. The van der Waals surface area contributed by atoms with Crippen LogP contribution in [0.15, 0.2) is 55.9 Å². The van der Waals surface area contributed by atoms with Gasteiger partial charge in [0.25, 0.3) is 11.1 Å². The van der Waals surface area contributed by atoms with E-state index >= 15 is 0 Å². The normalized spacial score (nSPS) is 29.2. The summed E-state index contributed by atoms with van der Waals surface area (Å²) in [5.41, 5.74) is -2.08. The van der Waals surface area contributed by atoms with E-state index in [2.05, 4.69) is 9.97 Å². The van der Waals surface area contributed by atoms with Crippen molar-refractivity contribution in [1.82, 2.24) is 19.1 Å². The molecule has 4 heterocycles. The first-order chi connectivity index (χ1) is 16.4. The zero-order chi connectivity index (χ0) is 24.2. The van der Waals surface area contributed by atoms with Crippen LogP contribution in [0.4, 0.5) is 0 Å². The molecule has 0 bridgehead atoms. The molecule has 34 heavy (non-hydrogen) atoms. The minimum absolute atomic E-state index is 0.0222. The maximum absolute atomic E-state index is 12.0. The molecule has 2 fully saturated rings. The highest BCUT2D eigenvalue weighted by Gasteiger charge is 2.37. The fourth-order valence-electron chi connectivity index (χ4n) is 4.65. The highest BCUT2D eigenvalue weighted by atomic mass is 16.5. The zero-order valence-electron chi connectivity index (χ0n) is 18.4. The molecular formula is C22H28N4O8. The van der Waals surface area contributed by atoms with E-state index in [0.717, 1.165) is 0 Å². The van der Waals surface area contributed by atoms with Crippen LogP contribution in [0.1, 0.15) is 38.1 Å². The molecule has 0 radical (unpaired) electrons. The Morgan fingerprint density at radius 3 is 1.56 bits per heavy atom. The summed E-state index contributed by atoms with van der Waals surface area (Å²) in [7, 11) is 0. The molecule has 2 aromatic heterocycles. The van der Waals surface area contributed by atoms with Crippen LogP contribution < -0.4 is 22.5 Å². The van der Waals surface area contributed by atoms with Crippen molar-refractivity contribution in [3.8, 4) is 0 Å². The molecule has 2 aromatic rings. The van der Waals surface area contributed by atoms with Crippen LogP contribution in [0.2, 0.25) is 0 Å². The van der Waals surface area contributed by atoms with Crippen LogP contribution in [0.3, 0.4) is 0 Å². The van der Waals surface area contributed by atoms with Crippen molar-refractivity contribution in [2.75, 3.05) is 13.2 Å². The summed E-state index contributed by atoms with van der Waals surface area (Å²) < 4.78 is 14.3. The molecule has 12 heteroatoms. The molecule has 0 saturated carbocycles. The summed E-state index contributed by atoms with van der Waals surface area (Å²) in [4.78, 5) is 51.1. The van der Waals surface area contributed by atoms with E-state index in [4.69, 9.17) is 9.47 Å². The third-order valence-corrected chi connectivity index (χ3v) is 6.45. The minimum atomic E-state index is -0.571. The molecule has 6 atom stereocenters. The number of rotatable bonds is 8. The SMILES string of the molecule is O=c1ccn([C@H]2C[C@H](C/C=C/C[C@H]3C[C@H](n4ccc(=O)[nH]c4=O)O[C@@H]3CO)[C@@H](CO)O2)c(=O)[nH]1. The molecule has 184 valence electrons. The number of H-pyrrole nitrogens is 2. The van der Waals surface area contributed by atoms with Crippen LogP contribution in [-0.2, 0) is 9.47 Å². The van der Waals surface area contributed by atoms with E-state index in [1.807, 2.05) is 12.2 Å². The van der Waals surface area contributed by atoms with E-state index in [9.17, 15) is 29.4 Å². The van der Waals surface area contributed by atoms with Gasteiger partial charge < -0.3 is 19.7 Å². The number of aromatic nitrogens is 4. The van der Waals surface area contributed by atoms with Gasteiger partial charge in [-0.25, -0.2) is 9.59 Å². The molecule has 2 aliphatic rings. The molecule has 0 aromatic carbocycles. The lowest BCUT2D eigenvalue weighted by atomic mass is 9.94. The van der Waals surface area contributed by atoms with E-state index in [1.54, 1.807) is 0 Å². The Kier molecular flexibility index (Phi) is 7.41. The lowest BCUT2D eigenvalue weighted by Gasteiger charge is -2.15. The maximum Gasteiger partial charge on any atom is 0.330 e. The van der Waals surface area contributed by atoms with Crippen molar-refractivity contribution in [1.29, 1.82) is 0 Å². The van der Waals surface area contributed by atoms with Gasteiger partial charge in [0, 0.05) is 24.5 Å². The number of hydrogen-bond acceptors (Lipinski definition) is 8. The second-order valence-electron chi connectivity index (χ2n) is 8.59. The van der Waals surface area contributed by atoms with E-state index in [0.29, 0.717) is 25.7 Å². The van der Waals surface area contributed by atoms with Gasteiger partial charge >= 0.3 is 11.4 Å². The predicted octanol–water partition coefficient (Wildman–Crippen LogP) is -0.785. The summed E-state index contributed by atoms with van der Waals surface area (Å²) in [6, 6.07) is 2.50. The number of aliphatic hydroxyl groups excluding tert-OH is 2. The molecule has 2 aliphatic heterocycles. The van der Waals surface area contributed by atoms with Gasteiger partial charge in [0.2, 0.25) is 0 Å². The standard InChI is InChI=1S/C22H28N4O8/c27-11-15-13(9-19(33-15)25-7-5-17(29)23-21(25)31)3-1-2-4-14-10-20(34-16(14)12-28)26-8-6-18(30)24-22(26)32/h1-2,5-8,13-16,19-20,27-28H,3-4,9-12H2,(H,23,29,31)(H,24,30,32)/b2-1+/t13-,14-,15+,16+,19+,20+/m0/s1. The lowest BCUT2D eigenvalue weighted by Crippen LogP contribution is -2.31. The number of hydrogen-bond donors (Lipinski definition) is 4. The van der Waals surface area contributed by atoms with Crippen molar-refractivity contribution in [2.24, 2.45) is 11.8 Å². The fraction of sp³-hybridized carbons (Fsp3) is 0.545. The number of ether oxygens (including phenoxy) is 2. The Morgan fingerprint density at radius 1 is 0.794 bits per heavy atom. The largest absolute Gasteiger partial charge is 0.394 e. The van der Waals surface area contributed by atoms with Crippen LogP contribution >= 0.6 is 0 Å². The molecule has 2 saturated heterocycles. The monoisotopic (exact) mass is 476 g/mol. The maximum atomic E-state index is 12.0. The zero-order valence-corrected chi connectivity index (χ0v) is 18.4.